The molecule has 16 heavy (non-hydrogen) atoms. The van der Waals surface area contributed by atoms with Gasteiger partial charge in [0.2, 0.25) is 5.91 Å². The number of carboxylic acids is 1. The maximum atomic E-state index is 10.8. The number of nitrogens with zero attached hydrogens (tertiary/aromatic N) is 1. The van der Waals surface area contributed by atoms with Crippen molar-refractivity contribution >= 4 is 11.9 Å². The number of carbonyl (C=O) groups is 2. The first-order valence-electron chi connectivity index (χ1n) is 5.36. The van der Waals surface area contributed by atoms with Crippen molar-refractivity contribution in [3.63, 3.8) is 0 Å². The zero-order chi connectivity index (χ0) is 12.6. The number of carboxylic acid groups (broad SMARTS) is 1. The predicted octanol–water partition coefficient (Wildman–Crippen LogP) is 0.605. The van der Waals surface area contributed by atoms with Gasteiger partial charge in [-0.1, -0.05) is 18.9 Å². The van der Waals surface area contributed by atoms with Crippen molar-refractivity contribution in [3.8, 4) is 0 Å². The van der Waals surface area contributed by atoms with Crippen molar-refractivity contribution in [3.05, 3.63) is 11.6 Å². The second-order valence-electron chi connectivity index (χ2n) is 3.86. The Bertz CT molecular complexity index is 274. The molecule has 0 saturated carbocycles. The van der Waals surface area contributed by atoms with E-state index in [-0.39, 0.29) is 12.5 Å². The third-order valence-electron chi connectivity index (χ3n) is 2.05. The number of unbranched alkanes of at least 4 members (excludes halogenated alkanes) is 1. The molecule has 0 aromatic rings. The quantitative estimate of drug-likeness (QED) is 0.596. The number of amides is 1. The van der Waals surface area contributed by atoms with Crippen LogP contribution in [0.4, 0.5) is 0 Å². The van der Waals surface area contributed by atoms with E-state index in [0.29, 0.717) is 12.1 Å². The van der Waals surface area contributed by atoms with E-state index in [1.807, 2.05) is 4.90 Å². The first-order valence-corrected chi connectivity index (χ1v) is 5.36. The largest absolute Gasteiger partial charge is 0.478 e. The third-order valence-corrected chi connectivity index (χ3v) is 2.05. The Kier molecular flexibility index (Phi) is 7.20. The van der Waals surface area contributed by atoms with Crippen molar-refractivity contribution in [1.82, 2.24) is 4.90 Å². The summed E-state index contributed by atoms with van der Waals surface area (Å²) in [4.78, 5) is 23.1. The van der Waals surface area contributed by atoms with E-state index in [4.69, 9.17) is 10.8 Å². The van der Waals surface area contributed by atoms with Gasteiger partial charge in [-0.05, 0) is 19.9 Å². The normalized spacial score (nSPS) is 11.8. The van der Waals surface area contributed by atoms with Crippen molar-refractivity contribution < 1.29 is 14.7 Å². The van der Waals surface area contributed by atoms with Gasteiger partial charge in [0.25, 0.3) is 0 Å². The average molecular weight is 228 g/mol. The van der Waals surface area contributed by atoms with E-state index in [2.05, 4.69) is 6.92 Å². The maximum absolute atomic E-state index is 10.8. The smallest absolute Gasteiger partial charge is 0.328 e. The van der Waals surface area contributed by atoms with E-state index in [9.17, 15) is 9.59 Å². The molecule has 92 valence electrons. The Hall–Kier alpha value is -1.36. The number of aliphatic carboxylic acids is 1. The average Bonchev–Trinajstić information content (AvgIpc) is 2.11. The fraction of sp³-hybridized carbons (Fsp3) is 0.636. The summed E-state index contributed by atoms with van der Waals surface area (Å²) in [7, 11) is 0. The van der Waals surface area contributed by atoms with Crippen LogP contribution in [0.3, 0.4) is 0 Å². The molecule has 0 unspecified atom stereocenters. The molecule has 0 radical (unpaired) electrons. The van der Waals surface area contributed by atoms with Gasteiger partial charge in [-0.2, -0.15) is 0 Å². The van der Waals surface area contributed by atoms with Gasteiger partial charge in [0.05, 0.1) is 6.54 Å². The third kappa shape index (κ3) is 7.99. The van der Waals surface area contributed by atoms with Gasteiger partial charge in [0.15, 0.2) is 0 Å². The summed E-state index contributed by atoms with van der Waals surface area (Å²) < 4.78 is 0. The van der Waals surface area contributed by atoms with E-state index >= 15 is 0 Å². The minimum atomic E-state index is -0.966. The maximum Gasteiger partial charge on any atom is 0.328 e. The molecule has 5 nitrogen and oxygen atoms in total. The number of nitrogens with two attached hydrogens (primary N) is 1. The number of hydrogen-bond donors (Lipinski definition) is 2. The summed E-state index contributed by atoms with van der Waals surface area (Å²) in [5.74, 6) is -1.36. The zero-order valence-electron chi connectivity index (χ0n) is 9.90. The Morgan fingerprint density at radius 1 is 1.38 bits per heavy atom. The van der Waals surface area contributed by atoms with Crippen molar-refractivity contribution in [2.24, 2.45) is 5.73 Å². The van der Waals surface area contributed by atoms with Crippen LogP contribution in [0.15, 0.2) is 11.6 Å². The van der Waals surface area contributed by atoms with E-state index in [1.165, 1.54) is 0 Å². The molecule has 0 heterocycles. The Morgan fingerprint density at radius 2 is 2.00 bits per heavy atom. The Labute approximate surface area is 95.9 Å². The van der Waals surface area contributed by atoms with Gasteiger partial charge in [-0.25, -0.2) is 4.79 Å². The molecule has 1 amide bonds. The highest BCUT2D eigenvalue weighted by molar-refractivity contribution is 5.80. The van der Waals surface area contributed by atoms with Crippen LogP contribution < -0.4 is 5.73 Å². The molecule has 0 atom stereocenters. The van der Waals surface area contributed by atoms with Crippen LogP contribution in [0.25, 0.3) is 0 Å². The lowest BCUT2D eigenvalue weighted by Crippen LogP contribution is -2.35. The lowest BCUT2D eigenvalue weighted by molar-refractivity contribution is -0.131. The van der Waals surface area contributed by atoms with Crippen molar-refractivity contribution in [2.75, 3.05) is 19.6 Å². The first kappa shape index (κ1) is 14.6. The minimum absolute atomic E-state index is 0.171. The lowest BCUT2D eigenvalue weighted by Gasteiger charge is -2.20. The molecule has 0 aliphatic heterocycles. The van der Waals surface area contributed by atoms with Crippen LogP contribution in [-0.2, 0) is 9.59 Å². The molecule has 0 aliphatic carbocycles. The second kappa shape index (κ2) is 7.87. The molecular formula is C11H20N2O3. The standard InChI is InChI=1S/C11H20N2O3/c1-3-4-5-13(8-10(12)14)7-9(2)6-11(15)16/h6H,3-5,7-8H2,1-2H3,(H2,12,14)(H,15,16). The van der Waals surface area contributed by atoms with Crippen LogP contribution in [-0.4, -0.2) is 41.5 Å². The topological polar surface area (TPSA) is 83.6 Å². The summed E-state index contributed by atoms with van der Waals surface area (Å²) in [6.45, 7) is 5.18. The van der Waals surface area contributed by atoms with E-state index < -0.39 is 5.97 Å². The highest BCUT2D eigenvalue weighted by Crippen LogP contribution is 2.01. The monoisotopic (exact) mass is 228 g/mol. The van der Waals surface area contributed by atoms with Crippen molar-refractivity contribution in [2.45, 2.75) is 26.7 Å². The second-order valence-corrected chi connectivity index (χ2v) is 3.86. The Balaban J connectivity index is 4.28. The molecule has 3 N–H and O–H groups in total. The fourth-order valence-electron chi connectivity index (χ4n) is 1.43. The highest BCUT2D eigenvalue weighted by atomic mass is 16.4. The van der Waals surface area contributed by atoms with Gasteiger partial charge in [-0.3, -0.25) is 9.69 Å². The summed E-state index contributed by atoms with van der Waals surface area (Å²) in [5.41, 5.74) is 5.84. The van der Waals surface area contributed by atoms with Gasteiger partial charge < -0.3 is 10.8 Å². The van der Waals surface area contributed by atoms with Crippen molar-refractivity contribution in [1.29, 1.82) is 0 Å². The molecule has 0 fully saturated rings. The van der Waals surface area contributed by atoms with Crippen LogP contribution >= 0.6 is 0 Å². The van der Waals surface area contributed by atoms with Gasteiger partial charge >= 0.3 is 5.97 Å². The molecule has 5 heteroatoms. The van der Waals surface area contributed by atoms with Gasteiger partial charge in [0.1, 0.15) is 0 Å². The number of carbonyl (C=O) groups excluding carboxylic acids is 1. The highest BCUT2D eigenvalue weighted by Gasteiger charge is 2.08. The molecule has 0 bridgehead atoms. The number of hydrogen-bond acceptors (Lipinski definition) is 3. The molecular weight excluding hydrogens is 208 g/mol. The summed E-state index contributed by atoms with van der Waals surface area (Å²) in [5, 5.41) is 8.57. The lowest BCUT2D eigenvalue weighted by atomic mass is 10.2. The number of rotatable bonds is 8. The van der Waals surface area contributed by atoms with Gasteiger partial charge in [0, 0.05) is 12.6 Å². The van der Waals surface area contributed by atoms with Crippen LogP contribution in [0.1, 0.15) is 26.7 Å². The SMILES string of the molecule is CCCCN(CC(N)=O)CC(C)=CC(=O)O. The van der Waals surface area contributed by atoms with Crippen LogP contribution in [0.5, 0.6) is 0 Å². The van der Waals surface area contributed by atoms with Crippen LogP contribution in [0, 0.1) is 0 Å². The van der Waals surface area contributed by atoms with Crippen LogP contribution in [0.2, 0.25) is 0 Å². The predicted molar refractivity (Wildman–Crippen MR) is 61.9 cm³/mol. The van der Waals surface area contributed by atoms with E-state index in [1.54, 1.807) is 6.92 Å². The fourth-order valence-corrected chi connectivity index (χ4v) is 1.43. The Morgan fingerprint density at radius 3 is 2.44 bits per heavy atom. The molecule has 0 saturated heterocycles. The molecule has 0 spiro atoms. The molecule has 0 aromatic carbocycles. The zero-order valence-corrected chi connectivity index (χ0v) is 9.90. The number of primary amides is 1. The van der Waals surface area contributed by atoms with E-state index in [0.717, 1.165) is 25.5 Å². The molecule has 0 aromatic heterocycles. The summed E-state index contributed by atoms with van der Waals surface area (Å²) in [6.07, 6.45) is 3.14. The minimum Gasteiger partial charge on any atom is -0.478 e. The first-order chi connectivity index (χ1) is 7.45. The summed E-state index contributed by atoms with van der Waals surface area (Å²) in [6, 6.07) is 0. The summed E-state index contributed by atoms with van der Waals surface area (Å²) >= 11 is 0. The molecule has 0 aliphatic rings. The van der Waals surface area contributed by atoms with Gasteiger partial charge in [-0.15, -0.1) is 0 Å². The molecule has 0 rings (SSSR count).